The molecule has 0 saturated heterocycles. The van der Waals surface area contributed by atoms with Crippen molar-refractivity contribution in [3.05, 3.63) is 36.9 Å². The lowest BCUT2D eigenvalue weighted by molar-refractivity contribution is 0.583. The molecule has 1 unspecified atom stereocenters. The molecule has 2 nitrogen and oxygen atoms in total. The quantitative estimate of drug-likeness (QED) is 0.917. The van der Waals surface area contributed by atoms with Crippen LogP contribution in [0, 0.1) is 6.92 Å². The van der Waals surface area contributed by atoms with Gasteiger partial charge in [-0.05, 0) is 41.2 Å². The first-order valence-electron chi connectivity index (χ1n) is 5.03. The van der Waals surface area contributed by atoms with E-state index in [0.29, 0.717) is 6.04 Å². The number of nitrogens with one attached hydrogen (secondary N) is 1. The third kappa shape index (κ3) is 2.71. The van der Waals surface area contributed by atoms with E-state index in [4.69, 9.17) is 0 Å². The molecule has 0 aliphatic heterocycles. The van der Waals surface area contributed by atoms with Crippen LogP contribution in [0.2, 0.25) is 0 Å². The number of nitrogens with zero attached hydrogens (tertiary/aromatic N) is 1. The van der Waals surface area contributed by atoms with Gasteiger partial charge in [-0.3, -0.25) is 0 Å². The van der Waals surface area contributed by atoms with Crippen molar-refractivity contribution in [3.8, 4) is 0 Å². The molecule has 86 valence electrons. The van der Waals surface area contributed by atoms with Crippen molar-refractivity contribution in [2.75, 3.05) is 0 Å². The van der Waals surface area contributed by atoms with Gasteiger partial charge in [0, 0.05) is 26.8 Å². The predicted octanol–water partition coefficient (Wildman–Crippen LogP) is 4.13. The van der Waals surface area contributed by atoms with Crippen LogP contribution in [0.4, 0.5) is 0 Å². The van der Waals surface area contributed by atoms with Crippen molar-refractivity contribution in [1.29, 1.82) is 0 Å². The van der Waals surface area contributed by atoms with E-state index in [1.807, 2.05) is 5.51 Å². The largest absolute Gasteiger partial charge is 0.304 e. The zero-order valence-corrected chi connectivity index (χ0v) is 12.4. The number of thiazole rings is 1. The van der Waals surface area contributed by atoms with Crippen LogP contribution >= 0.6 is 38.6 Å². The maximum Gasteiger partial charge on any atom is 0.0798 e. The average molecular weight is 317 g/mol. The monoisotopic (exact) mass is 316 g/mol. The molecule has 1 atom stereocenters. The first-order chi connectivity index (χ1) is 7.68. The summed E-state index contributed by atoms with van der Waals surface area (Å²) in [5, 5.41) is 5.62. The van der Waals surface area contributed by atoms with Crippen LogP contribution in [0.25, 0.3) is 0 Å². The van der Waals surface area contributed by atoms with E-state index in [1.54, 1.807) is 22.7 Å². The molecule has 0 saturated carbocycles. The highest BCUT2D eigenvalue weighted by Gasteiger charge is 2.11. The fourth-order valence-corrected chi connectivity index (χ4v) is 3.79. The summed E-state index contributed by atoms with van der Waals surface area (Å²) in [6.07, 6.45) is 0. The van der Waals surface area contributed by atoms with Gasteiger partial charge in [-0.25, -0.2) is 4.98 Å². The number of hydrogen-bond donors (Lipinski definition) is 1. The van der Waals surface area contributed by atoms with E-state index in [2.05, 4.69) is 51.5 Å². The lowest BCUT2D eigenvalue weighted by Crippen LogP contribution is -2.17. The first-order valence-corrected chi connectivity index (χ1v) is 7.59. The summed E-state index contributed by atoms with van der Waals surface area (Å²) in [6, 6.07) is 2.45. The average Bonchev–Trinajstić information content (AvgIpc) is 2.84. The Morgan fingerprint density at radius 1 is 1.50 bits per heavy atom. The Morgan fingerprint density at radius 2 is 2.31 bits per heavy atom. The molecule has 0 aliphatic rings. The molecule has 16 heavy (non-hydrogen) atoms. The topological polar surface area (TPSA) is 24.9 Å². The smallest absolute Gasteiger partial charge is 0.0798 e. The second-order valence-electron chi connectivity index (χ2n) is 3.60. The van der Waals surface area contributed by atoms with E-state index in [9.17, 15) is 0 Å². The van der Waals surface area contributed by atoms with Crippen LogP contribution in [-0.2, 0) is 6.54 Å². The fraction of sp³-hybridized carbons (Fsp3) is 0.364. The normalized spacial score (nSPS) is 12.9. The maximum absolute atomic E-state index is 4.27. The third-order valence-corrected chi connectivity index (χ3v) is 5.48. The van der Waals surface area contributed by atoms with E-state index >= 15 is 0 Å². The highest BCUT2D eigenvalue weighted by Crippen LogP contribution is 2.25. The van der Waals surface area contributed by atoms with Crippen molar-refractivity contribution in [1.82, 2.24) is 10.3 Å². The molecule has 2 heterocycles. The van der Waals surface area contributed by atoms with Crippen molar-refractivity contribution in [2.45, 2.75) is 26.4 Å². The van der Waals surface area contributed by atoms with Gasteiger partial charge in [0.25, 0.3) is 0 Å². The highest BCUT2D eigenvalue weighted by molar-refractivity contribution is 9.10. The van der Waals surface area contributed by atoms with Gasteiger partial charge in [0.1, 0.15) is 0 Å². The summed E-state index contributed by atoms with van der Waals surface area (Å²) >= 11 is 7.03. The molecule has 0 radical (unpaired) electrons. The molecule has 0 amide bonds. The standard InChI is InChI=1S/C11H13BrN2S2/c1-7(11-8(2)14-6-16-11)13-5-10-9(12)3-4-15-10/h3-4,6-7,13H,5H2,1-2H3. The van der Waals surface area contributed by atoms with Gasteiger partial charge in [-0.2, -0.15) is 0 Å². The van der Waals surface area contributed by atoms with Crippen molar-refractivity contribution >= 4 is 38.6 Å². The Labute approximate surface area is 112 Å². The summed E-state index contributed by atoms with van der Waals surface area (Å²) in [7, 11) is 0. The summed E-state index contributed by atoms with van der Waals surface area (Å²) in [6.45, 7) is 5.14. The first kappa shape index (κ1) is 12.2. The molecule has 5 heteroatoms. The summed E-state index contributed by atoms with van der Waals surface area (Å²) < 4.78 is 1.19. The minimum Gasteiger partial charge on any atom is -0.304 e. The van der Waals surface area contributed by atoms with Crippen molar-refractivity contribution in [3.63, 3.8) is 0 Å². The van der Waals surface area contributed by atoms with Crippen LogP contribution in [0.15, 0.2) is 21.4 Å². The molecular weight excluding hydrogens is 304 g/mol. The number of aryl methyl sites for hydroxylation is 1. The van der Waals surface area contributed by atoms with E-state index in [1.165, 1.54) is 14.2 Å². The minimum absolute atomic E-state index is 0.362. The second-order valence-corrected chi connectivity index (χ2v) is 6.34. The van der Waals surface area contributed by atoms with E-state index in [-0.39, 0.29) is 0 Å². The van der Waals surface area contributed by atoms with Gasteiger partial charge in [-0.15, -0.1) is 22.7 Å². The van der Waals surface area contributed by atoms with Gasteiger partial charge >= 0.3 is 0 Å². The van der Waals surface area contributed by atoms with Gasteiger partial charge in [0.15, 0.2) is 0 Å². The zero-order valence-electron chi connectivity index (χ0n) is 9.16. The Bertz CT molecular complexity index is 464. The Morgan fingerprint density at radius 3 is 2.88 bits per heavy atom. The molecule has 2 aromatic heterocycles. The van der Waals surface area contributed by atoms with Crippen LogP contribution in [0.1, 0.15) is 28.4 Å². The van der Waals surface area contributed by atoms with E-state index in [0.717, 1.165) is 12.2 Å². The number of rotatable bonds is 4. The Kier molecular flexibility index (Phi) is 4.13. The number of aromatic nitrogens is 1. The van der Waals surface area contributed by atoms with Crippen LogP contribution in [0.5, 0.6) is 0 Å². The highest BCUT2D eigenvalue weighted by atomic mass is 79.9. The molecule has 0 bridgehead atoms. The second kappa shape index (κ2) is 5.40. The van der Waals surface area contributed by atoms with Gasteiger partial charge in [0.05, 0.1) is 11.2 Å². The number of hydrogen-bond acceptors (Lipinski definition) is 4. The molecule has 0 aromatic carbocycles. The van der Waals surface area contributed by atoms with Gasteiger partial charge < -0.3 is 5.32 Å². The fourth-order valence-electron chi connectivity index (χ4n) is 1.52. The summed E-state index contributed by atoms with van der Waals surface area (Å²) in [4.78, 5) is 6.94. The van der Waals surface area contributed by atoms with Crippen LogP contribution in [-0.4, -0.2) is 4.98 Å². The molecule has 0 aliphatic carbocycles. The summed E-state index contributed by atoms with van der Waals surface area (Å²) in [5.41, 5.74) is 3.04. The molecular formula is C11H13BrN2S2. The number of halogens is 1. The summed E-state index contributed by atoms with van der Waals surface area (Å²) in [5.74, 6) is 0. The van der Waals surface area contributed by atoms with Crippen LogP contribution in [0.3, 0.4) is 0 Å². The van der Waals surface area contributed by atoms with E-state index < -0.39 is 0 Å². The SMILES string of the molecule is Cc1ncsc1C(C)NCc1sccc1Br. The molecule has 2 rings (SSSR count). The Hall–Kier alpha value is -0.230. The van der Waals surface area contributed by atoms with Gasteiger partial charge in [-0.1, -0.05) is 0 Å². The zero-order chi connectivity index (χ0) is 11.5. The molecule has 0 fully saturated rings. The number of thiophene rings is 1. The molecule has 2 aromatic rings. The Balaban J connectivity index is 1.97. The predicted molar refractivity (Wildman–Crippen MR) is 74.1 cm³/mol. The van der Waals surface area contributed by atoms with Gasteiger partial charge in [0.2, 0.25) is 0 Å². The third-order valence-electron chi connectivity index (χ3n) is 2.44. The van der Waals surface area contributed by atoms with Crippen molar-refractivity contribution in [2.24, 2.45) is 0 Å². The molecule has 1 N–H and O–H groups in total. The lowest BCUT2D eigenvalue weighted by Gasteiger charge is -2.12. The minimum atomic E-state index is 0.362. The van der Waals surface area contributed by atoms with Crippen LogP contribution < -0.4 is 5.32 Å². The lowest BCUT2D eigenvalue weighted by atomic mass is 10.2. The van der Waals surface area contributed by atoms with Crippen molar-refractivity contribution < 1.29 is 0 Å². The molecule has 0 spiro atoms. The maximum atomic E-state index is 4.27.